The van der Waals surface area contributed by atoms with Crippen LogP contribution in [0.25, 0.3) is 89.1 Å². The van der Waals surface area contributed by atoms with E-state index >= 15 is 0 Å². The fraction of sp³-hybridized carbons (Fsp3) is 0.0169. The van der Waals surface area contributed by atoms with Crippen molar-refractivity contribution in [2.45, 2.75) is 15.2 Å². The van der Waals surface area contributed by atoms with Crippen LogP contribution in [-0.4, -0.2) is 19.9 Å². The molecular formula is C59H36N4S. The Morgan fingerprint density at radius 1 is 0.328 bits per heavy atom. The number of benzene rings is 7. The van der Waals surface area contributed by atoms with E-state index in [0.717, 1.165) is 67.0 Å². The predicted molar refractivity (Wildman–Crippen MR) is 261 cm³/mol. The van der Waals surface area contributed by atoms with E-state index in [9.17, 15) is 0 Å². The maximum absolute atomic E-state index is 5.34. The molecule has 1 aliphatic carbocycles. The Morgan fingerprint density at radius 3 is 1.58 bits per heavy atom. The van der Waals surface area contributed by atoms with Crippen molar-refractivity contribution < 1.29 is 0 Å². The summed E-state index contributed by atoms with van der Waals surface area (Å²) in [5, 5.41) is 3.53. The van der Waals surface area contributed by atoms with Crippen LogP contribution in [-0.2, 0) is 5.41 Å². The van der Waals surface area contributed by atoms with Crippen LogP contribution in [0.4, 0.5) is 0 Å². The van der Waals surface area contributed by atoms with E-state index in [1.165, 1.54) is 54.1 Å². The monoisotopic (exact) mass is 832 g/mol. The first-order valence-electron chi connectivity index (χ1n) is 21.6. The van der Waals surface area contributed by atoms with Crippen molar-refractivity contribution in [1.29, 1.82) is 0 Å². The number of rotatable bonds is 5. The second kappa shape index (κ2) is 14.6. The zero-order valence-corrected chi connectivity index (χ0v) is 35.3. The van der Waals surface area contributed by atoms with Crippen molar-refractivity contribution in [2.75, 3.05) is 0 Å². The van der Waals surface area contributed by atoms with Crippen molar-refractivity contribution in [3.8, 4) is 67.4 Å². The molecule has 298 valence electrons. The van der Waals surface area contributed by atoms with Gasteiger partial charge in [-0.3, -0.25) is 9.97 Å². The maximum Gasteiger partial charge on any atom is 0.0900 e. The molecule has 64 heavy (non-hydrogen) atoms. The molecule has 1 spiro atoms. The van der Waals surface area contributed by atoms with E-state index in [-0.39, 0.29) is 0 Å². The Morgan fingerprint density at radius 2 is 0.906 bits per heavy atom. The highest BCUT2D eigenvalue weighted by molar-refractivity contribution is 7.99. The van der Waals surface area contributed by atoms with Crippen LogP contribution >= 0.6 is 11.8 Å². The topological polar surface area (TPSA) is 51.6 Å². The van der Waals surface area contributed by atoms with E-state index in [2.05, 4.69) is 180 Å². The lowest BCUT2D eigenvalue weighted by Crippen LogP contribution is -2.32. The third-order valence-electron chi connectivity index (χ3n) is 13.0. The number of nitrogens with zero attached hydrogens (tertiary/aromatic N) is 4. The molecular weight excluding hydrogens is 797 g/mol. The van der Waals surface area contributed by atoms with Crippen LogP contribution in [0.15, 0.2) is 228 Å². The second-order valence-corrected chi connectivity index (χ2v) is 17.6. The molecule has 0 N–H and O–H groups in total. The van der Waals surface area contributed by atoms with Gasteiger partial charge in [-0.25, -0.2) is 9.97 Å². The number of hydrogen-bond donors (Lipinski definition) is 0. The Hall–Kier alpha value is -7.99. The lowest BCUT2D eigenvalue weighted by Gasteiger charge is -2.40. The molecule has 4 aromatic heterocycles. The summed E-state index contributed by atoms with van der Waals surface area (Å²) in [7, 11) is 0. The van der Waals surface area contributed by atoms with Crippen molar-refractivity contribution in [3.05, 3.63) is 241 Å². The summed E-state index contributed by atoms with van der Waals surface area (Å²) in [6.07, 6.45) is 3.62. The highest BCUT2D eigenvalue weighted by atomic mass is 32.2. The third-order valence-corrected chi connectivity index (χ3v) is 14.2. The maximum atomic E-state index is 5.34. The third kappa shape index (κ3) is 5.64. The quantitative estimate of drug-likeness (QED) is 0.162. The summed E-state index contributed by atoms with van der Waals surface area (Å²) >= 11 is 1.88. The van der Waals surface area contributed by atoms with E-state index in [1.54, 1.807) is 0 Å². The minimum atomic E-state index is -0.550. The predicted octanol–water partition coefficient (Wildman–Crippen LogP) is 14.7. The highest BCUT2D eigenvalue weighted by Crippen LogP contribution is 2.63. The summed E-state index contributed by atoms with van der Waals surface area (Å²) in [5.41, 5.74) is 18.1. The summed E-state index contributed by atoms with van der Waals surface area (Å²) in [5.74, 6) is 0. The van der Waals surface area contributed by atoms with Gasteiger partial charge in [0.15, 0.2) is 0 Å². The van der Waals surface area contributed by atoms with Crippen molar-refractivity contribution in [3.63, 3.8) is 0 Å². The molecule has 0 saturated carbocycles. The highest BCUT2D eigenvalue weighted by Gasteiger charge is 2.50. The van der Waals surface area contributed by atoms with E-state index in [1.807, 2.05) is 60.6 Å². The van der Waals surface area contributed by atoms with Gasteiger partial charge in [-0.1, -0.05) is 145 Å². The van der Waals surface area contributed by atoms with Gasteiger partial charge in [0.2, 0.25) is 0 Å². The van der Waals surface area contributed by atoms with Crippen LogP contribution in [0.3, 0.4) is 0 Å². The normalized spacial score (nSPS) is 13.1. The second-order valence-electron chi connectivity index (χ2n) is 16.5. The summed E-state index contributed by atoms with van der Waals surface area (Å²) < 4.78 is 0. The minimum absolute atomic E-state index is 0.550. The molecule has 5 heteroatoms. The van der Waals surface area contributed by atoms with Gasteiger partial charge in [-0.15, -0.1) is 0 Å². The van der Waals surface area contributed by atoms with Gasteiger partial charge in [-0.05, 0) is 134 Å². The zero-order valence-electron chi connectivity index (χ0n) is 34.5. The fourth-order valence-corrected chi connectivity index (χ4v) is 11.4. The average molecular weight is 833 g/mol. The van der Waals surface area contributed by atoms with E-state index in [4.69, 9.17) is 9.97 Å². The van der Waals surface area contributed by atoms with Crippen LogP contribution in [0.2, 0.25) is 0 Å². The molecule has 0 atom stereocenters. The smallest absolute Gasteiger partial charge is 0.0900 e. The van der Waals surface area contributed by atoms with Crippen molar-refractivity contribution >= 4 is 33.4 Å². The summed E-state index contributed by atoms with van der Waals surface area (Å²) in [6, 6.07) is 74.5. The first-order valence-corrected chi connectivity index (χ1v) is 22.4. The molecule has 0 unspecified atom stereocenters. The summed E-state index contributed by atoms with van der Waals surface area (Å²) in [6.45, 7) is 0. The summed E-state index contributed by atoms with van der Waals surface area (Å²) in [4.78, 5) is 22.2. The Kier molecular flexibility index (Phi) is 8.33. The standard InChI is InChI=1S/C59H36N4S/c1-2-14-39(15-3-1)58-46-35-45-42-29-28-40(37-24-26-38(27-25-37)41-33-54(52-20-10-12-30-60-52)62-55(34-41)53-21-11-13-31-61-53)32-49(42)59(50(45)36-44(46)43-16-4-7-19-51(43)63-58)47-17-5-8-22-56(47)64-57-23-9-6-18-48(57)59/h1-36H. The minimum Gasteiger partial charge on any atom is -0.255 e. The van der Waals surface area contributed by atoms with Gasteiger partial charge in [0.05, 0.1) is 39.4 Å². The average Bonchev–Trinajstić information content (AvgIpc) is 3.65. The van der Waals surface area contributed by atoms with Crippen LogP contribution < -0.4 is 0 Å². The van der Waals surface area contributed by atoms with Crippen LogP contribution in [0.5, 0.6) is 0 Å². The Labute approximate surface area is 375 Å². The van der Waals surface area contributed by atoms with Gasteiger partial charge in [0, 0.05) is 38.5 Å². The largest absolute Gasteiger partial charge is 0.255 e. The van der Waals surface area contributed by atoms with E-state index in [0.29, 0.717) is 0 Å². The van der Waals surface area contributed by atoms with Gasteiger partial charge >= 0.3 is 0 Å². The van der Waals surface area contributed by atoms with E-state index < -0.39 is 5.41 Å². The number of pyridine rings is 4. The molecule has 0 bridgehead atoms. The number of hydrogen-bond acceptors (Lipinski definition) is 5. The fourth-order valence-electron chi connectivity index (χ4n) is 10.2. The molecule has 0 fully saturated rings. The lowest BCUT2D eigenvalue weighted by molar-refractivity contribution is 0.723. The number of para-hydroxylation sites is 1. The zero-order chi connectivity index (χ0) is 42.2. The first kappa shape index (κ1) is 36.6. The molecule has 11 aromatic rings. The molecule has 0 saturated heterocycles. The molecule has 7 aromatic carbocycles. The van der Waals surface area contributed by atoms with Gasteiger partial charge in [0.1, 0.15) is 0 Å². The molecule has 0 amide bonds. The van der Waals surface area contributed by atoms with Gasteiger partial charge in [-0.2, -0.15) is 0 Å². The molecule has 5 heterocycles. The first-order chi connectivity index (χ1) is 31.7. The number of fused-ring (bicyclic) bond motifs is 12. The number of aromatic nitrogens is 4. The lowest BCUT2D eigenvalue weighted by atomic mass is 9.67. The van der Waals surface area contributed by atoms with Gasteiger partial charge < -0.3 is 0 Å². The molecule has 4 nitrogen and oxygen atoms in total. The Balaban J connectivity index is 1.02. The molecule has 1 aliphatic heterocycles. The molecule has 0 radical (unpaired) electrons. The molecule has 13 rings (SSSR count). The van der Waals surface area contributed by atoms with Crippen molar-refractivity contribution in [1.82, 2.24) is 19.9 Å². The van der Waals surface area contributed by atoms with Crippen LogP contribution in [0.1, 0.15) is 22.3 Å². The SMILES string of the molecule is c1ccc(-c2nc3ccccc3c3cc4c(cc23)-c2ccc(-c3ccc(-c5cc(-c6ccccn6)nc(-c6ccccn6)c5)cc3)cc2C42c3ccccc3Sc3ccccc32)cc1. The Bertz CT molecular complexity index is 3520. The molecule has 2 aliphatic rings. The van der Waals surface area contributed by atoms with Crippen molar-refractivity contribution in [2.24, 2.45) is 0 Å². The van der Waals surface area contributed by atoms with Gasteiger partial charge in [0.25, 0.3) is 0 Å². The van der Waals surface area contributed by atoms with Crippen LogP contribution in [0, 0.1) is 0 Å².